The lowest BCUT2D eigenvalue weighted by molar-refractivity contribution is 0.187. The predicted octanol–water partition coefficient (Wildman–Crippen LogP) is 1.42. The monoisotopic (exact) mass is 195 g/mol. The van der Waals surface area contributed by atoms with Crippen LogP contribution in [-0.4, -0.2) is 22.9 Å². The van der Waals surface area contributed by atoms with Gasteiger partial charge in [0.1, 0.15) is 5.75 Å². The number of nitrogens with one attached hydrogen (secondary N) is 1. The fourth-order valence-electron chi connectivity index (χ4n) is 1.31. The number of aromatic hydroxyl groups is 1. The molecule has 0 saturated heterocycles. The molecule has 78 valence electrons. The third kappa shape index (κ3) is 3.01. The summed E-state index contributed by atoms with van der Waals surface area (Å²) >= 11 is 0. The standard InChI is InChI=1S/C11H17NO2/c1-8(13)7-12-9(2)10-5-3-4-6-11(10)14/h3-6,8-9,12-14H,7H2,1-2H3/t8-,9-/m1/s1. The van der Waals surface area contributed by atoms with Crippen LogP contribution in [0.4, 0.5) is 0 Å². The highest BCUT2D eigenvalue weighted by atomic mass is 16.3. The van der Waals surface area contributed by atoms with E-state index in [9.17, 15) is 5.11 Å². The lowest BCUT2D eigenvalue weighted by Gasteiger charge is -2.16. The van der Waals surface area contributed by atoms with Crippen molar-refractivity contribution in [3.63, 3.8) is 0 Å². The van der Waals surface area contributed by atoms with Gasteiger partial charge >= 0.3 is 0 Å². The van der Waals surface area contributed by atoms with Gasteiger partial charge in [-0.25, -0.2) is 0 Å². The van der Waals surface area contributed by atoms with Gasteiger partial charge in [0, 0.05) is 18.2 Å². The van der Waals surface area contributed by atoms with Crippen LogP contribution < -0.4 is 5.32 Å². The second kappa shape index (κ2) is 4.98. The van der Waals surface area contributed by atoms with E-state index in [-0.39, 0.29) is 17.9 Å². The van der Waals surface area contributed by atoms with Gasteiger partial charge in [-0.05, 0) is 19.9 Å². The number of para-hydroxylation sites is 1. The van der Waals surface area contributed by atoms with Crippen molar-refractivity contribution in [2.24, 2.45) is 0 Å². The van der Waals surface area contributed by atoms with Crippen molar-refractivity contribution < 1.29 is 10.2 Å². The fourth-order valence-corrected chi connectivity index (χ4v) is 1.31. The van der Waals surface area contributed by atoms with Crippen molar-refractivity contribution in [3.8, 4) is 5.75 Å². The Bertz CT molecular complexity index is 286. The lowest BCUT2D eigenvalue weighted by Crippen LogP contribution is -2.27. The van der Waals surface area contributed by atoms with Crippen LogP contribution in [-0.2, 0) is 0 Å². The summed E-state index contributed by atoms with van der Waals surface area (Å²) in [6, 6.07) is 7.26. The Balaban J connectivity index is 2.60. The Morgan fingerprint density at radius 1 is 1.29 bits per heavy atom. The van der Waals surface area contributed by atoms with Gasteiger partial charge < -0.3 is 15.5 Å². The number of aliphatic hydroxyl groups is 1. The average molecular weight is 195 g/mol. The van der Waals surface area contributed by atoms with E-state index in [1.165, 1.54) is 0 Å². The van der Waals surface area contributed by atoms with Crippen LogP contribution in [0.15, 0.2) is 24.3 Å². The van der Waals surface area contributed by atoms with Gasteiger partial charge in [-0.3, -0.25) is 0 Å². The zero-order chi connectivity index (χ0) is 10.6. The molecule has 1 aromatic rings. The van der Waals surface area contributed by atoms with E-state index in [0.29, 0.717) is 6.54 Å². The Morgan fingerprint density at radius 3 is 2.50 bits per heavy atom. The van der Waals surface area contributed by atoms with Gasteiger partial charge in [-0.1, -0.05) is 18.2 Å². The van der Waals surface area contributed by atoms with E-state index in [4.69, 9.17) is 5.11 Å². The molecule has 0 spiro atoms. The molecule has 0 fully saturated rings. The minimum absolute atomic E-state index is 0.0470. The molecule has 0 amide bonds. The zero-order valence-electron chi connectivity index (χ0n) is 8.57. The second-order valence-corrected chi connectivity index (χ2v) is 3.54. The predicted molar refractivity (Wildman–Crippen MR) is 56.2 cm³/mol. The first-order valence-corrected chi connectivity index (χ1v) is 4.80. The maximum absolute atomic E-state index is 9.54. The molecule has 3 N–H and O–H groups in total. The van der Waals surface area contributed by atoms with E-state index < -0.39 is 0 Å². The summed E-state index contributed by atoms with van der Waals surface area (Å²) in [5.74, 6) is 0.290. The van der Waals surface area contributed by atoms with Gasteiger partial charge in [0.25, 0.3) is 0 Å². The SMILES string of the molecule is C[C@@H](O)CN[C@H](C)c1ccccc1O. The average Bonchev–Trinajstić information content (AvgIpc) is 2.15. The van der Waals surface area contributed by atoms with Crippen LogP contribution in [0, 0.1) is 0 Å². The minimum atomic E-state index is -0.372. The fraction of sp³-hybridized carbons (Fsp3) is 0.455. The molecule has 0 unspecified atom stereocenters. The maximum Gasteiger partial charge on any atom is 0.120 e. The second-order valence-electron chi connectivity index (χ2n) is 3.54. The first-order chi connectivity index (χ1) is 6.61. The number of hydrogen-bond acceptors (Lipinski definition) is 3. The normalized spacial score (nSPS) is 15.1. The Hall–Kier alpha value is -1.06. The molecule has 0 saturated carbocycles. The molecule has 0 aliphatic heterocycles. The molecule has 1 aromatic carbocycles. The van der Waals surface area contributed by atoms with Crippen LogP contribution in [0.5, 0.6) is 5.75 Å². The number of rotatable bonds is 4. The van der Waals surface area contributed by atoms with E-state index in [1.54, 1.807) is 19.1 Å². The molecule has 0 radical (unpaired) electrons. The first-order valence-electron chi connectivity index (χ1n) is 4.80. The number of phenolic OH excluding ortho intramolecular Hbond substituents is 1. The number of aliphatic hydroxyl groups excluding tert-OH is 1. The third-order valence-corrected chi connectivity index (χ3v) is 2.12. The van der Waals surface area contributed by atoms with Crippen LogP contribution in [0.1, 0.15) is 25.5 Å². The summed E-state index contributed by atoms with van der Waals surface area (Å²) in [4.78, 5) is 0. The smallest absolute Gasteiger partial charge is 0.120 e. The molecule has 1 rings (SSSR count). The number of phenols is 1. The molecule has 0 heterocycles. The Kier molecular flexibility index (Phi) is 3.92. The van der Waals surface area contributed by atoms with Gasteiger partial charge in [-0.15, -0.1) is 0 Å². The van der Waals surface area contributed by atoms with Gasteiger partial charge in [0.15, 0.2) is 0 Å². The molecule has 2 atom stereocenters. The summed E-state index contributed by atoms with van der Waals surface area (Å²) in [6.45, 7) is 4.21. The molecular formula is C11H17NO2. The summed E-state index contributed by atoms with van der Waals surface area (Å²) in [5, 5.41) is 21.8. The third-order valence-electron chi connectivity index (χ3n) is 2.12. The van der Waals surface area contributed by atoms with Crippen molar-refractivity contribution >= 4 is 0 Å². The van der Waals surface area contributed by atoms with Crippen molar-refractivity contribution in [1.29, 1.82) is 0 Å². The van der Waals surface area contributed by atoms with E-state index in [0.717, 1.165) is 5.56 Å². The number of hydrogen-bond donors (Lipinski definition) is 3. The highest BCUT2D eigenvalue weighted by molar-refractivity contribution is 5.34. The topological polar surface area (TPSA) is 52.5 Å². The van der Waals surface area contributed by atoms with Gasteiger partial charge in [-0.2, -0.15) is 0 Å². The first kappa shape index (κ1) is 11.0. The van der Waals surface area contributed by atoms with Gasteiger partial charge in [0.2, 0.25) is 0 Å². The highest BCUT2D eigenvalue weighted by Gasteiger charge is 2.09. The van der Waals surface area contributed by atoms with Crippen LogP contribution >= 0.6 is 0 Å². The Morgan fingerprint density at radius 2 is 1.93 bits per heavy atom. The highest BCUT2D eigenvalue weighted by Crippen LogP contribution is 2.22. The van der Waals surface area contributed by atoms with Crippen molar-refractivity contribution in [1.82, 2.24) is 5.32 Å². The summed E-state index contributed by atoms with van der Waals surface area (Å²) in [6.07, 6.45) is -0.372. The summed E-state index contributed by atoms with van der Waals surface area (Å²) in [7, 11) is 0. The molecule has 3 heteroatoms. The van der Waals surface area contributed by atoms with E-state index >= 15 is 0 Å². The van der Waals surface area contributed by atoms with Crippen molar-refractivity contribution in [2.45, 2.75) is 26.0 Å². The zero-order valence-corrected chi connectivity index (χ0v) is 8.57. The lowest BCUT2D eigenvalue weighted by atomic mass is 10.1. The molecule has 14 heavy (non-hydrogen) atoms. The largest absolute Gasteiger partial charge is 0.508 e. The van der Waals surface area contributed by atoms with Gasteiger partial charge in [0.05, 0.1) is 6.10 Å². The quantitative estimate of drug-likeness (QED) is 0.681. The molecule has 0 aliphatic rings. The minimum Gasteiger partial charge on any atom is -0.508 e. The van der Waals surface area contributed by atoms with E-state index in [1.807, 2.05) is 19.1 Å². The van der Waals surface area contributed by atoms with Crippen LogP contribution in [0.25, 0.3) is 0 Å². The molecule has 0 aromatic heterocycles. The molecule has 0 bridgehead atoms. The Labute approximate surface area is 84.4 Å². The summed E-state index contributed by atoms with van der Waals surface area (Å²) < 4.78 is 0. The van der Waals surface area contributed by atoms with E-state index in [2.05, 4.69) is 5.32 Å². The molecular weight excluding hydrogens is 178 g/mol. The maximum atomic E-state index is 9.54. The van der Waals surface area contributed by atoms with Crippen molar-refractivity contribution in [3.05, 3.63) is 29.8 Å². The summed E-state index contributed by atoms with van der Waals surface area (Å²) in [5.41, 5.74) is 0.855. The van der Waals surface area contributed by atoms with Crippen LogP contribution in [0.3, 0.4) is 0 Å². The number of benzene rings is 1. The molecule has 3 nitrogen and oxygen atoms in total. The molecule has 0 aliphatic carbocycles. The van der Waals surface area contributed by atoms with Crippen LogP contribution in [0.2, 0.25) is 0 Å². The van der Waals surface area contributed by atoms with Crippen molar-refractivity contribution in [2.75, 3.05) is 6.54 Å².